The average molecular weight is 324 g/mol. The summed E-state index contributed by atoms with van der Waals surface area (Å²) in [7, 11) is 0. The molecule has 0 radical (unpaired) electrons. The number of hydrogen-bond donors (Lipinski definition) is 0. The Bertz CT molecular complexity index is 271. The first-order valence-electron chi connectivity index (χ1n) is 5.76. The molecule has 6 nitrogen and oxygen atoms in total. The summed E-state index contributed by atoms with van der Waals surface area (Å²) in [4.78, 5) is 40.4. The van der Waals surface area contributed by atoms with Crippen molar-refractivity contribution in [1.29, 1.82) is 0 Å². The number of rotatable bonds is 8. The van der Waals surface area contributed by atoms with Gasteiger partial charge >= 0.3 is 19.5 Å². The van der Waals surface area contributed by atoms with Crippen molar-refractivity contribution in [3.05, 3.63) is 0 Å². The van der Waals surface area contributed by atoms with E-state index in [2.05, 4.69) is 0 Å². The zero-order valence-electron chi connectivity index (χ0n) is 11.4. The number of carbonyl (C=O) groups is 4. The third-order valence-corrected chi connectivity index (χ3v) is 1.74. The van der Waals surface area contributed by atoms with Crippen LogP contribution in [0.4, 0.5) is 0 Å². The Morgan fingerprint density at radius 3 is 1.16 bits per heavy atom. The van der Waals surface area contributed by atoms with Crippen LogP contribution in [-0.4, -0.2) is 23.5 Å². The van der Waals surface area contributed by atoms with Crippen molar-refractivity contribution in [3.8, 4) is 0 Å². The number of hydrogen-bond acceptors (Lipinski definition) is 6. The molecular weight excluding hydrogens is 306 g/mol. The smallest absolute Gasteiger partial charge is 0.550 e. The van der Waals surface area contributed by atoms with Gasteiger partial charge in [-0.1, -0.05) is 13.8 Å². The Morgan fingerprint density at radius 2 is 1.00 bits per heavy atom. The zero-order valence-corrected chi connectivity index (χ0v) is 14.4. The molecule has 0 saturated heterocycles. The number of ketones is 2. The standard InChI is InChI=1S/2C6H10O3.Zn/c2*1-2-3-5(7)4-6(8)9;/h2*2-4H2,1H3,(H,8,9);/q;;+2/p-2. The minimum absolute atomic E-state index is 0. The fraction of sp³-hybridized carbons (Fsp3) is 0.667. The van der Waals surface area contributed by atoms with E-state index in [0.717, 1.165) is 0 Å². The second-order valence-electron chi connectivity index (χ2n) is 3.67. The Morgan fingerprint density at radius 1 is 0.737 bits per heavy atom. The maximum atomic E-state index is 10.4. The molecule has 0 aromatic rings. The van der Waals surface area contributed by atoms with E-state index >= 15 is 0 Å². The van der Waals surface area contributed by atoms with Crippen LogP contribution in [0, 0.1) is 0 Å². The summed E-state index contributed by atoms with van der Waals surface area (Å²) < 4.78 is 0. The number of Topliss-reactive ketones (excluding diaryl/α,β-unsaturated/α-hetero) is 2. The molecule has 0 rings (SSSR count). The molecular formula is C12H18O6Zn. The molecule has 7 heteroatoms. The second kappa shape index (κ2) is 15.0. The molecule has 0 saturated carbocycles. The van der Waals surface area contributed by atoms with Crippen molar-refractivity contribution >= 4 is 23.5 Å². The van der Waals surface area contributed by atoms with Gasteiger partial charge in [0.1, 0.15) is 11.6 Å². The predicted molar refractivity (Wildman–Crippen MR) is 59.1 cm³/mol. The predicted octanol–water partition coefficient (Wildman–Crippen LogP) is -1.01. The van der Waals surface area contributed by atoms with Gasteiger partial charge in [0.25, 0.3) is 0 Å². The molecule has 0 aliphatic heterocycles. The molecule has 0 N–H and O–H groups in total. The molecule has 19 heavy (non-hydrogen) atoms. The Kier molecular flexibility index (Phi) is 18.1. The normalized spacial score (nSPS) is 8.53. The quantitative estimate of drug-likeness (QED) is 0.417. The van der Waals surface area contributed by atoms with Crippen LogP contribution >= 0.6 is 0 Å². The average Bonchev–Trinajstić information content (AvgIpc) is 2.16. The number of carboxylic acids is 2. The van der Waals surface area contributed by atoms with Gasteiger partial charge in [-0.25, -0.2) is 0 Å². The molecule has 0 bridgehead atoms. The summed E-state index contributed by atoms with van der Waals surface area (Å²) in [6, 6.07) is 0. The van der Waals surface area contributed by atoms with Crippen molar-refractivity contribution in [3.63, 3.8) is 0 Å². The van der Waals surface area contributed by atoms with Crippen LogP contribution in [0.3, 0.4) is 0 Å². The zero-order chi connectivity index (χ0) is 14.6. The van der Waals surface area contributed by atoms with Gasteiger partial charge in [-0.15, -0.1) is 0 Å². The van der Waals surface area contributed by atoms with Crippen LogP contribution in [0.1, 0.15) is 52.4 Å². The summed E-state index contributed by atoms with van der Waals surface area (Å²) >= 11 is 0. The number of carboxylic acid groups (broad SMARTS) is 2. The van der Waals surface area contributed by atoms with Gasteiger partial charge < -0.3 is 19.8 Å². The van der Waals surface area contributed by atoms with Gasteiger partial charge in [-0.05, 0) is 12.8 Å². The van der Waals surface area contributed by atoms with Gasteiger partial charge in [0, 0.05) is 37.6 Å². The first-order chi connectivity index (χ1) is 8.33. The van der Waals surface area contributed by atoms with E-state index in [1.165, 1.54) is 0 Å². The molecule has 0 atom stereocenters. The summed E-state index contributed by atoms with van der Waals surface area (Å²) in [6.45, 7) is 3.65. The third kappa shape index (κ3) is 22.5. The summed E-state index contributed by atoms with van der Waals surface area (Å²) in [5.74, 6) is -3.07. The van der Waals surface area contributed by atoms with E-state index in [4.69, 9.17) is 0 Å². The molecule has 0 heterocycles. The van der Waals surface area contributed by atoms with Gasteiger partial charge in [-0.2, -0.15) is 0 Å². The minimum atomic E-state index is -1.28. The van der Waals surface area contributed by atoms with Crippen LogP contribution in [-0.2, 0) is 38.7 Å². The van der Waals surface area contributed by atoms with Crippen molar-refractivity contribution < 1.29 is 48.9 Å². The van der Waals surface area contributed by atoms with Crippen molar-refractivity contribution in [2.24, 2.45) is 0 Å². The Balaban J connectivity index is -0.000000256. The van der Waals surface area contributed by atoms with E-state index in [1.807, 2.05) is 13.8 Å². The molecule has 0 aromatic heterocycles. The fourth-order valence-electron chi connectivity index (χ4n) is 1.06. The monoisotopic (exact) mass is 322 g/mol. The van der Waals surface area contributed by atoms with Crippen LogP contribution in [0.15, 0.2) is 0 Å². The summed E-state index contributed by atoms with van der Waals surface area (Å²) in [6.07, 6.45) is 1.21. The molecule has 0 aromatic carbocycles. The SMILES string of the molecule is CCCC(=O)CC(=O)[O-].CCCC(=O)CC(=O)[O-].[Zn+2]. The Hall–Kier alpha value is -1.10. The molecule has 104 valence electrons. The van der Waals surface area contributed by atoms with E-state index in [9.17, 15) is 29.4 Å². The van der Waals surface area contributed by atoms with Gasteiger partial charge in [0.2, 0.25) is 0 Å². The summed E-state index contributed by atoms with van der Waals surface area (Å²) in [5.41, 5.74) is 0. The van der Waals surface area contributed by atoms with Crippen molar-refractivity contribution in [1.82, 2.24) is 0 Å². The van der Waals surface area contributed by atoms with Crippen molar-refractivity contribution in [2.45, 2.75) is 52.4 Å². The van der Waals surface area contributed by atoms with E-state index in [1.54, 1.807) is 0 Å². The first-order valence-corrected chi connectivity index (χ1v) is 5.76. The topological polar surface area (TPSA) is 114 Å². The molecule has 0 unspecified atom stereocenters. The van der Waals surface area contributed by atoms with Gasteiger partial charge in [0.15, 0.2) is 0 Å². The van der Waals surface area contributed by atoms with E-state index in [0.29, 0.717) is 25.7 Å². The summed E-state index contributed by atoms with van der Waals surface area (Å²) in [5, 5.41) is 19.5. The molecule has 0 spiro atoms. The maximum Gasteiger partial charge on any atom is 2.00 e. The van der Waals surface area contributed by atoms with Crippen LogP contribution in [0.5, 0.6) is 0 Å². The van der Waals surface area contributed by atoms with Crippen LogP contribution in [0.2, 0.25) is 0 Å². The molecule has 0 aliphatic carbocycles. The first kappa shape index (κ1) is 23.0. The van der Waals surface area contributed by atoms with E-state index < -0.39 is 24.8 Å². The van der Waals surface area contributed by atoms with E-state index in [-0.39, 0.29) is 31.0 Å². The van der Waals surface area contributed by atoms with Crippen molar-refractivity contribution in [2.75, 3.05) is 0 Å². The molecule has 0 fully saturated rings. The molecule has 0 amide bonds. The maximum absolute atomic E-state index is 10.4. The third-order valence-electron chi connectivity index (χ3n) is 1.74. The van der Waals surface area contributed by atoms with Gasteiger partial charge in [0.05, 0.1) is 0 Å². The second-order valence-corrected chi connectivity index (χ2v) is 3.67. The number of carbonyl (C=O) groups excluding carboxylic acids is 4. The Labute approximate surface area is 125 Å². The van der Waals surface area contributed by atoms with Crippen LogP contribution < -0.4 is 10.2 Å². The molecule has 0 aliphatic rings. The fourth-order valence-corrected chi connectivity index (χ4v) is 1.06. The number of aliphatic carboxylic acids is 2. The minimum Gasteiger partial charge on any atom is -0.550 e. The van der Waals surface area contributed by atoms with Crippen LogP contribution in [0.25, 0.3) is 0 Å². The largest absolute Gasteiger partial charge is 2.00 e. The van der Waals surface area contributed by atoms with Gasteiger partial charge in [-0.3, -0.25) is 9.59 Å².